The summed E-state index contributed by atoms with van der Waals surface area (Å²) in [5, 5.41) is 9.68. The molecule has 0 aliphatic rings. The highest BCUT2D eigenvalue weighted by atomic mass is 32.2. The topological polar surface area (TPSA) is 72.8 Å². The van der Waals surface area contributed by atoms with Crippen molar-refractivity contribution in [2.75, 3.05) is 24.7 Å². The van der Waals surface area contributed by atoms with Crippen molar-refractivity contribution in [2.24, 2.45) is 0 Å². The average molecular weight is 340 g/mol. The van der Waals surface area contributed by atoms with Crippen molar-refractivity contribution < 1.29 is 24.2 Å². The molecular formula is C17H24O5S. The van der Waals surface area contributed by atoms with Crippen LogP contribution in [0.1, 0.15) is 37.6 Å². The number of ether oxygens (including phenoxy) is 2. The first kappa shape index (κ1) is 19.5. The molecule has 1 rings (SSSR count). The van der Waals surface area contributed by atoms with Crippen LogP contribution in [0.15, 0.2) is 24.3 Å². The Kier molecular flexibility index (Phi) is 8.12. The first-order chi connectivity index (χ1) is 10.8. The number of thioether (sulfide) groups is 1. The van der Waals surface area contributed by atoms with Crippen LogP contribution in [0.25, 0.3) is 0 Å². The van der Waals surface area contributed by atoms with E-state index >= 15 is 0 Å². The van der Waals surface area contributed by atoms with Crippen LogP contribution in [0.3, 0.4) is 0 Å². The molecule has 128 valence electrons. The van der Waals surface area contributed by atoms with Gasteiger partial charge in [0.1, 0.15) is 24.6 Å². The van der Waals surface area contributed by atoms with E-state index in [1.807, 2.05) is 6.92 Å². The first-order valence-electron chi connectivity index (χ1n) is 7.58. The minimum absolute atomic E-state index is 0.194. The van der Waals surface area contributed by atoms with Gasteiger partial charge < -0.3 is 14.6 Å². The molecule has 0 saturated carbocycles. The Morgan fingerprint density at radius 1 is 1.17 bits per heavy atom. The zero-order valence-corrected chi connectivity index (χ0v) is 14.6. The van der Waals surface area contributed by atoms with E-state index in [9.17, 15) is 14.7 Å². The fourth-order valence-electron chi connectivity index (χ4n) is 1.74. The average Bonchev–Trinajstić information content (AvgIpc) is 2.51. The molecule has 0 heterocycles. The molecule has 0 aliphatic heterocycles. The third-order valence-electron chi connectivity index (χ3n) is 2.94. The maximum atomic E-state index is 11.9. The zero-order chi connectivity index (χ0) is 17.3. The van der Waals surface area contributed by atoms with E-state index in [1.165, 1.54) is 13.8 Å². The largest absolute Gasteiger partial charge is 0.490 e. The van der Waals surface area contributed by atoms with Gasteiger partial charge in [-0.05, 0) is 43.9 Å². The van der Waals surface area contributed by atoms with Crippen LogP contribution in [0, 0.1) is 0 Å². The number of aliphatic hydroxyl groups is 1. The molecule has 1 aromatic carbocycles. The maximum Gasteiger partial charge on any atom is 0.306 e. The normalized spacial score (nSPS) is 11.1. The zero-order valence-electron chi connectivity index (χ0n) is 13.8. The van der Waals surface area contributed by atoms with Crippen LogP contribution in [0.2, 0.25) is 0 Å². The second kappa shape index (κ2) is 9.57. The van der Waals surface area contributed by atoms with E-state index in [1.54, 1.807) is 36.0 Å². The summed E-state index contributed by atoms with van der Waals surface area (Å²) >= 11 is 1.70. The molecule has 0 aromatic heterocycles. The lowest BCUT2D eigenvalue weighted by Gasteiger charge is -2.15. The van der Waals surface area contributed by atoms with Gasteiger partial charge in [-0.2, -0.15) is 11.8 Å². The lowest BCUT2D eigenvalue weighted by molar-refractivity contribution is -0.143. The first-order valence-corrected chi connectivity index (χ1v) is 8.73. The second-order valence-electron chi connectivity index (χ2n) is 5.43. The number of carbonyl (C=O) groups is 2. The molecule has 0 spiro atoms. The van der Waals surface area contributed by atoms with E-state index < -0.39 is 5.60 Å². The summed E-state index contributed by atoms with van der Waals surface area (Å²) in [6, 6.07) is 6.50. The Labute approximate surface area is 141 Å². The minimum atomic E-state index is -1.40. The summed E-state index contributed by atoms with van der Waals surface area (Å²) in [6.07, 6.45) is 0.409. The molecule has 0 unspecified atom stereocenters. The highest BCUT2D eigenvalue weighted by Gasteiger charge is 2.24. The van der Waals surface area contributed by atoms with Crippen LogP contribution >= 0.6 is 11.8 Å². The minimum Gasteiger partial charge on any atom is -0.490 e. The number of ketones is 1. The molecular weight excluding hydrogens is 316 g/mol. The molecule has 0 amide bonds. The lowest BCUT2D eigenvalue weighted by atomic mass is 9.97. The van der Waals surface area contributed by atoms with E-state index in [0.717, 1.165) is 11.5 Å². The summed E-state index contributed by atoms with van der Waals surface area (Å²) in [5.74, 6) is 1.77. The number of carbonyl (C=O) groups excluding carboxylic acids is 2. The van der Waals surface area contributed by atoms with Crippen molar-refractivity contribution in [1.29, 1.82) is 0 Å². The summed E-state index contributed by atoms with van der Waals surface area (Å²) in [4.78, 5) is 23.3. The molecule has 6 heteroatoms. The van der Waals surface area contributed by atoms with Crippen molar-refractivity contribution in [3.8, 4) is 5.75 Å². The molecule has 0 atom stereocenters. The SMILES string of the molecule is CCSCCC(=O)OCCOc1ccc(C(=O)C(C)(C)O)cc1. The van der Waals surface area contributed by atoms with Gasteiger partial charge >= 0.3 is 5.97 Å². The van der Waals surface area contributed by atoms with Crippen LogP contribution < -0.4 is 4.74 Å². The standard InChI is InChI=1S/C17H24O5S/c1-4-23-12-9-15(18)22-11-10-21-14-7-5-13(6-8-14)16(19)17(2,3)20/h5-8,20H,4,9-12H2,1-3H3. The molecule has 1 aromatic rings. The van der Waals surface area contributed by atoms with Gasteiger partial charge in [-0.1, -0.05) is 6.92 Å². The monoisotopic (exact) mass is 340 g/mol. The Morgan fingerprint density at radius 3 is 2.39 bits per heavy atom. The Morgan fingerprint density at radius 2 is 1.83 bits per heavy atom. The predicted octanol–water partition coefficient (Wildman–Crippen LogP) is 2.71. The quantitative estimate of drug-likeness (QED) is 0.401. The van der Waals surface area contributed by atoms with E-state index in [0.29, 0.717) is 17.7 Å². The van der Waals surface area contributed by atoms with Crippen molar-refractivity contribution >= 4 is 23.5 Å². The van der Waals surface area contributed by atoms with Gasteiger partial charge in [0.05, 0.1) is 6.42 Å². The fraction of sp³-hybridized carbons (Fsp3) is 0.529. The highest BCUT2D eigenvalue weighted by Crippen LogP contribution is 2.17. The molecule has 0 saturated heterocycles. The molecule has 5 nitrogen and oxygen atoms in total. The van der Waals surface area contributed by atoms with Crippen LogP contribution in [0.4, 0.5) is 0 Å². The van der Waals surface area contributed by atoms with Crippen molar-refractivity contribution in [3.63, 3.8) is 0 Å². The molecule has 0 radical (unpaired) electrons. The van der Waals surface area contributed by atoms with Gasteiger partial charge in [-0.3, -0.25) is 9.59 Å². The van der Waals surface area contributed by atoms with E-state index in [-0.39, 0.29) is 25.0 Å². The Hall–Kier alpha value is -1.53. The van der Waals surface area contributed by atoms with Gasteiger partial charge in [-0.25, -0.2) is 0 Å². The molecule has 1 N–H and O–H groups in total. The van der Waals surface area contributed by atoms with Crippen molar-refractivity contribution in [2.45, 2.75) is 32.8 Å². The number of rotatable bonds is 10. The lowest BCUT2D eigenvalue weighted by Crippen LogP contribution is -2.30. The third-order valence-corrected chi connectivity index (χ3v) is 3.84. The smallest absolute Gasteiger partial charge is 0.306 e. The van der Waals surface area contributed by atoms with Crippen LogP contribution in [-0.2, 0) is 9.53 Å². The fourth-order valence-corrected chi connectivity index (χ4v) is 2.34. The molecule has 0 bridgehead atoms. The third kappa shape index (κ3) is 7.52. The van der Waals surface area contributed by atoms with Crippen LogP contribution in [-0.4, -0.2) is 47.2 Å². The van der Waals surface area contributed by atoms with Gasteiger partial charge in [0.15, 0.2) is 5.78 Å². The summed E-state index contributed by atoms with van der Waals surface area (Å²) in [6.45, 7) is 5.40. The summed E-state index contributed by atoms with van der Waals surface area (Å²) in [7, 11) is 0. The Balaban J connectivity index is 2.31. The number of benzene rings is 1. The van der Waals surface area contributed by atoms with Crippen LogP contribution in [0.5, 0.6) is 5.75 Å². The highest BCUT2D eigenvalue weighted by molar-refractivity contribution is 7.99. The second-order valence-corrected chi connectivity index (χ2v) is 6.82. The van der Waals surface area contributed by atoms with Gasteiger partial charge in [0, 0.05) is 11.3 Å². The van der Waals surface area contributed by atoms with Gasteiger partial charge in [0.2, 0.25) is 0 Å². The summed E-state index contributed by atoms with van der Waals surface area (Å²) < 4.78 is 10.5. The Bertz CT molecular complexity index is 505. The number of hydrogen-bond acceptors (Lipinski definition) is 6. The number of hydrogen-bond donors (Lipinski definition) is 1. The molecule has 0 aliphatic carbocycles. The van der Waals surface area contributed by atoms with Crippen molar-refractivity contribution in [1.82, 2.24) is 0 Å². The molecule has 0 fully saturated rings. The predicted molar refractivity (Wildman–Crippen MR) is 91.1 cm³/mol. The van der Waals surface area contributed by atoms with Gasteiger partial charge in [0.25, 0.3) is 0 Å². The van der Waals surface area contributed by atoms with E-state index in [4.69, 9.17) is 9.47 Å². The van der Waals surface area contributed by atoms with E-state index in [2.05, 4.69) is 0 Å². The van der Waals surface area contributed by atoms with Gasteiger partial charge in [-0.15, -0.1) is 0 Å². The number of Topliss-reactive ketones (excluding diaryl/α,β-unsaturated/α-hetero) is 1. The maximum absolute atomic E-state index is 11.9. The number of esters is 1. The molecule has 23 heavy (non-hydrogen) atoms. The summed E-state index contributed by atoms with van der Waals surface area (Å²) in [5.41, 5.74) is -0.975. The van der Waals surface area contributed by atoms with Crippen molar-refractivity contribution in [3.05, 3.63) is 29.8 Å².